The zero-order valence-corrected chi connectivity index (χ0v) is 21.7. The molecule has 33 heavy (non-hydrogen) atoms. The van der Waals surface area contributed by atoms with E-state index >= 15 is 0 Å². The molecule has 0 aliphatic carbocycles. The SMILES string of the molecule is CCCc1cc(N(CC)CCOC)ccc1N.CCOCCN(CC)c1ccc(N)c(C)c1. The van der Waals surface area contributed by atoms with Crippen molar-refractivity contribution in [3.63, 3.8) is 0 Å². The Morgan fingerprint density at radius 3 is 1.88 bits per heavy atom. The van der Waals surface area contributed by atoms with Crippen LogP contribution >= 0.6 is 0 Å². The van der Waals surface area contributed by atoms with Gasteiger partial charge in [-0.3, -0.25) is 0 Å². The second-order valence-corrected chi connectivity index (χ2v) is 8.02. The van der Waals surface area contributed by atoms with Gasteiger partial charge in [-0.15, -0.1) is 0 Å². The first-order chi connectivity index (χ1) is 15.9. The van der Waals surface area contributed by atoms with Crippen molar-refractivity contribution >= 4 is 22.7 Å². The van der Waals surface area contributed by atoms with Crippen LogP contribution < -0.4 is 21.3 Å². The molecule has 0 aliphatic rings. The molecule has 4 N–H and O–H groups in total. The summed E-state index contributed by atoms with van der Waals surface area (Å²) in [6, 6.07) is 12.5. The third-order valence-corrected chi connectivity index (χ3v) is 5.67. The Morgan fingerprint density at radius 2 is 1.36 bits per heavy atom. The summed E-state index contributed by atoms with van der Waals surface area (Å²) in [4.78, 5) is 4.60. The number of hydrogen-bond acceptors (Lipinski definition) is 6. The van der Waals surface area contributed by atoms with Crippen molar-refractivity contribution in [2.75, 3.05) is 74.4 Å². The van der Waals surface area contributed by atoms with Gasteiger partial charge >= 0.3 is 0 Å². The molecule has 2 aromatic carbocycles. The van der Waals surface area contributed by atoms with Gasteiger partial charge in [-0.1, -0.05) is 13.3 Å². The molecule has 0 saturated carbocycles. The molecule has 6 nitrogen and oxygen atoms in total. The van der Waals surface area contributed by atoms with Crippen molar-refractivity contribution in [1.82, 2.24) is 0 Å². The Labute approximate surface area is 201 Å². The lowest BCUT2D eigenvalue weighted by molar-refractivity contribution is 0.154. The summed E-state index contributed by atoms with van der Waals surface area (Å²) in [5.41, 5.74) is 18.4. The summed E-state index contributed by atoms with van der Waals surface area (Å²) in [7, 11) is 1.74. The Balaban J connectivity index is 0.000000331. The number of ether oxygens (including phenoxy) is 2. The van der Waals surface area contributed by atoms with Crippen LogP contribution in [-0.4, -0.2) is 53.1 Å². The summed E-state index contributed by atoms with van der Waals surface area (Å²) in [5.74, 6) is 0. The third kappa shape index (κ3) is 9.93. The van der Waals surface area contributed by atoms with E-state index in [4.69, 9.17) is 20.9 Å². The number of methoxy groups -OCH3 is 1. The van der Waals surface area contributed by atoms with Crippen LogP contribution in [0.5, 0.6) is 0 Å². The molecule has 6 heteroatoms. The van der Waals surface area contributed by atoms with E-state index in [1.54, 1.807) is 7.11 Å². The lowest BCUT2D eigenvalue weighted by atomic mass is 10.1. The van der Waals surface area contributed by atoms with Crippen LogP contribution in [0.1, 0.15) is 45.2 Å². The second kappa shape index (κ2) is 16.2. The molecule has 0 aliphatic heterocycles. The van der Waals surface area contributed by atoms with Gasteiger partial charge in [0.25, 0.3) is 0 Å². The highest BCUT2D eigenvalue weighted by Gasteiger charge is 2.07. The maximum Gasteiger partial charge on any atom is 0.0641 e. The van der Waals surface area contributed by atoms with E-state index in [0.29, 0.717) is 0 Å². The summed E-state index contributed by atoms with van der Waals surface area (Å²) in [5, 5.41) is 0. The Kier molecular flexibility index (Phi) is 14.1. The largest absolute Gasteiger partial charge is 0.399 e. The Bertz CT molecular complexity index is 798. The molecule has 0 spiro atoms. The second-order valence-electron chi connectivity index (χ2n) is 8.02. The zero-order chi connectivity index (χ0) is 24.6. The molecular weight excluding hydrogens is 412 g/mol. The lowest BCUT2D eigenvalue weighted by Crippen LogP contribution is -2.27. The molecule has 2 rings (SSSR count). The highest BCUT2D eigenvalue weighted by molar-refractivity contribution is 5.59. The smallest absolute Gasteiger partial charge is 0.0641 e. The fourth-order valence-corrected chi connectivity index (χ4v) is 3.59. The van der Waals surface area contributed by atoms with Crippen LogP contribution in [0.4, 0.5) is 22.7 Å². The topological polar surface area (TPSA) is 77.0 Å². The predicted molar refractivity (Wildman–Crippen MR) is 145 cm³/mol. The Hall–Kier alpha value is -2.44. The van der Waals surface area contributed by atoms with E-state index in [1.165, 1.54) is 16.9 Å². The van der Waals surface area contributed by atoms with E-state index < -0.39 is 0 Å². The fourth-order valence-electron chi connectivity index (χ4n) is 3.59. The number of likely N-dealkylation sites (N-methyl/N-ethyl adjacent to an activating group) is 2. The van der Waals surface area contributed by atoms with Crippen molar-refractivity contribution in [1.29, 1.82) is 0 Å². The molecule has 0 heterocycles. The van der Waals surface area contributed by atoms with Crippen molar-refractivity contribution in [3.8, 4) is 0 Å². The quantitative estimate of drug-likeness (QED) is 0.320. The average Bonchev–Trinajstić information content (AvgIpc) is 2.82. The summed E-state index contributed by atoms with van der Waals surface area (Å²) in [6.07, 6.45) is 2.17. The highest BCUT2D eigenvalue weighted by Crippen LogP contribution is 2.22. The molecule has 0 amide bonds. The van der Waals surface area contributed by atoms with Crippen LogP contribution in [0, 0.1) is 6.92 Å². The molecular formula is C27H46N4O2. The number of rotatable bonds is 13. The fraction of sp³-hybridized carbons (Fsp3) is 0.556. The molecule has 0 fully saturated rings. The van der Waals surface area contributed by atoms with E-state index in [2.05, 4.69) is 54.8 Å². The number of nitrogen functional groups attached to an aromatic ring is 2. The molecule has 186 valence electrons. The van der Waals surface area contributed by atoms with Gasteiger partial charge in [0.1, 0.15) is 0 Å². The van der Waals surface area contributed by atoms with Gasteiger partial charge in [0.2, 0.25) is 0 Å². The number of nitrogens with zero attached hydrogens (tertiary/aromatic N) is 2. The minimum Gasteiger partial charge on any atom is -0.399 e. The first-order valence-electron chi connectivity index (χ1n) is 12.2. The average molecular weight is 459 g/mol. The summed E-state index contributed by atoms with van der Waals surface area (Å²) >= 11 is 0. The van der Waals surface area contributed by atoms with E-state index in [9.17, 15) is 0 Å². The standard InChI is InChI=1S/C14H24N2O.C13H22N2O/c1-4-6-12-11-13(7-8-14(12)15)16(5-2)9-10-17-3;1-4-15(8-9-16-5-2)12-6-7-13(14)11(3)10-12/h7-8,11H,4-6,9-10,15H2,1-3H3;6-7,10H,4-5,8-9,14H2,1-3H3. The Morgan fingerprint density at radius 1 is 0.788 bits per heavy atom. The van der Waals surface area contributed by atoms with Gasteiger partial charge in [0.05, 0.1) is 13.2 Å². The number of anilines is 4. The minimum atomic E-state index is 0.751. The third-order valence-electron chi connectivity index (χ3n) is 5.67. The van der Waals surface area contributed by atoms with Crippen LogP contribution in [0.25, 0.3) is 0 Å². The zero-order valence-electron chi connectivity index (χ0n) is 21.7. The molecule has 2 aromatic rings. The van der Waals surface area contributed by atoms with Crippen LogP contribution in [0.3, 0.4) is 0 Å². The monoisotopic (exact) mass is 458 g/mol. The normalized spacial score (nSPS) is 10.5. The van der Waals surface area contributed by atoms with E-state index in [-0.39, 0.29) is 0 Å². The maximum atomic E-state index is 5.97. The first-order valence-corrected chi connectivity index (χ1v) is 12.2. The maximum absolute atomic E-state index is 5.97. The number of benzene rings is 2. The van der Waals surface area contributed by atoms with Gasteiger partial charge in [-0.25, -0.2) is 0 Å². The molecule has 0 radical (unpaired) electrons. The van der Waals surface area contributed by atoms with E-state index in [1.807, 2.05) is 26.0 Å². The first kappa shape index (κ1) is 28.6. The summed E-state index contributed by atoms with van der Waals surface area (Å²) in [6.45, 7) is 16.6. The van der Waals surface area contributed by atoms with Crippen molar-refractivity contribution in [2.45, 2.75) is 47.5 Å². The molecule has 0 unspecified atom stereocenters. The van der Waals surface area contributed by atoms with Crippen molar-refractivity contribution in [2.24, 2.45) is 0 Å². The lowest BCUT2D eigenvalue weighted by Gasteiger charge is -2.23. The molecule has 0 saturated heterocycles. The van der Waals surface area contributed by atoms with E-state index in [0.717, 1.165) is 75.8 Å². The molecule has 0 bridgehead atoms. The van der Waals surface area contributed by atoms with Crippen LogP contribution in [0.15, 0.2) is 36.4 Å². The van der Waals surface area contributed by atoms with Gasteiger partial charge in [-0.2, -0.15) is 0 Å². The van der Waals surface area contributed by atoms with Crippen molar-refractivity contribution < 1.29 is 9.47 Å². The van der Waals surface area contributed by atoms with Crippen molar-refractivity contribution in [3.05, 3.63) is 47.5 Å². The predicted octanol–water partition coefficient (Wildman–Crippen LogP) is 5.13. The number of nitrogens with two attached hydrogens (primary N) is 2. The van der Waals surface area contributed by atoms with Gasteiger partial charge in [-0.05, 0) is 81.6 Å². The summed E-state index contributed by atoms with van der Waals surface area (Å²) < 4.78 is 10.5. The van der Waals surface area contributed by atoms with Gasteiger partial charge in [0.15, 0.2) is 0 Å². The van der Waals surface area contributed by atoms with Gasteiger partial charge in [0, 0.05) is 62.6 Å². The molecule has 0 aromatic heterocycles. The van der Waals surface area contributed by atoms with Gasteiger partial charge < -0.3 is 30.7 Å². The minimum absolute atomic E-state index is 0.751. The number of aryl methyl sites for hydroxylation is 2. The number of hydrogen-bond donors (Lipinski definition) is 2. The van der Waals surface area contributed by atoms with Crippen LogP contribution in [-0.2, 0) is 15.9 Å². The highest BCUT2D eigenvalue weighted by atomic mass is 16.5. The molecule has 0 atom stereocenters. The van der Waals surface area contributed by atoms with Crippen LogP contribution in [0.2, 0.25) is 0 Å².